The first-order valence-corrected chi connectivity index (χ1v) is 5.41. The van der Waals surface area contributed by atoms with Crippen LogP contribution in [0.25, 0.3) is 5.65 Å². The van der Waals surface area contributed by atoms with Gasteiger partial charge in [0.25, 0.3) is 0 Å². The third kappa shape index (κ3) is 1.72. The van der Waals surface area contributed by atoms with Gasteiger partial charge in [-0.3, -0.25) is 0 Å². The van der Waals surface area contributed by atoms with Crippen LogP contribution in [-0.2, 0) is 6.42 Å². The molecule has 0 aromatic carbocycles. The summed E-state index contributed by atoms with van der Waals surface area (Å²) < 4.78 is 1.84. The molecule has 2 aromatic heterocycles. The largest absolute Gasteiger partial charge is 0.316 e. The maximum atomic E-state index is 4.36. The summed E-state index contributed by atoms with van der Waals surface area (Å²) in [4.78, 5) is 4.36. The molecule has 0 aliphatic carbocycles. The van der Waals surface area contributed by atoms with Gasteiger partial charge in [0.15, 0.2) is 5.65 Å². The fourth-order valence-electron chi connectivity index (χ4n) is 2.18. The molecule has 2 aromatic rings. The predicted octanol–water partition coefficient (Wildman–Crippen LogP) is 0.881. The smallest absolute Gasteiger partial charge is 0.154 e. The number of hydrogen-bond acceptors (Lipinski definition) is 3. The monoisotopic (exact) mass is 202 g/mol. The van der Waals surface area contributed by atoms with Crippen LogP contribution in [0.4, 0.5) is 0 Å². The molecule has 1 atom stereocenters. The molecular weight excluding hydrogens is 188 g/mol. The molecule has 1 aliphatic heterocycles. The molecular formula is C11H14N4. The maximum Gasteiger partial charge on any atom is 0.154 e. The first kappa shape index (κ1) is 8.85. The maximum absolute atomic E-state index is 4.36. The quantitative estimate of drug-likeness (QED) is 0.786. The van der Waals surface area contributed by atoms with E-state index in [9.17, 15) is 0 Å². The van der Waals surface area contributed by atoms with Crippen LogP contribution in [0.1, 0.15) is 12.0 Å². The Morgan fingerprint density at radius 1 is 1.53 bits per heavy atom. The number of aromatic nitrogens is 3. The molecule has 78 valence electrons. The molecule has 15 heavy (non-hydrogen) atoms. The van der Waals surface area contributed by atoms with Crippen molar-refractivity contribution in [2.75, 3.05) is 13.1 Å². The fraction of sp³-hybridized carbons (Fsp3) is 0.455. The van der Waals surface area contributed by atoms with Crippen molar-refractivity contribution < 1.29 is 0 Å². The molecule has 3 rings (SSSR count). The molecule has 0 amide bonds. The van der Waals surface area contributed by atoms with Gasteiger partial charge in [0.2, 0.25) is 0 Å². The van der Waals surface area contributed by atoms with Gasteiger partial charge in [-0.05, 0) is 37.4 Å². The summed E-state index contributed by atoms with van der Waals surface area (Å²) in [5.74, 6) is 0.764. The molecule has 4 heteroatoms. The van der Waals surface area contributed by atoms with E-state index in [1.807, 2.05) is 16.8 Å². The van der Waals surface area contributed by atoms with Crippen LogP contribution in [0, 0.1) is 5.92 Å². The fourth-order valence-corrected chi connectivity index (χ4v) is 2.18. The average molecular weight is 202 g/mol. The zero-order valence-corrected chi connectivity index (χ0v) is 8.56. The number of nitrogens with zero attached hydrogens (tertiary/aromatic N) is 3. The van der Waals surface area contributed by atoms with E-state index in [1.165, 1.54) is 12.0 Å². The van der Waals surface area contributed by atoms with Gasteiger partial charge in [0.05, 0.1) is 6.20 Å². The normalized spacial score (nSPS) is 21.2. The zero-order valence-electron chi connectivity index (χ0n) is 8.56. The molecule has 1 saturated heterocycles. The van der Waals surface area contributed by atoms with Crippen molar-refractivity contribution in [3.8, 4) is 0 Å². The van der Waals surface area contributed by atoms with Gasteiger partial charge < -0.3 is 5.32 Å². The summed E-state index contributed by atoms with van der Waals surface area (Å²) in [5, 5.41) is 7.57. The van der Waals surface area contributed by atoms with Gasteiger partial charge in [-0.2, -0.15) is 5.10 Å². The highest BCUT2D eigenvalue weighted by atomic mass is 15.2. The lowest BCUT2D eigenvalue weighted by Crippen LogP contribution is -2.11. The summed E-state index contributed by atoms with van der Waals surface area (Å²) in [6, 6.07) is 1.92. The Morgan fingerprint density at radius 2 is 2.53 bits per heavy atom. The van der Waals surface area contributed by atoms with Gasteiger partial charge in [0.1, 0.15) is 0 Å². The first-order valence-electron chi connectivity index (χ1n) is 5.41. The van der Waals surface area contributed by atoms with Gasteiger partial charge in [-0.15, -0.1) is 0 Å². The highest BCUT2D eigenvalue weighted by molar-refractivity contribution is 5.35. The minimum atomic E-state index is 0.764. The van der Waals surface area contributed by atoms with Crippen molar-refractivity contribution in [1.82, 2.24) is 19.9 Å². The van der Waals surface area contributed by atoms with E-state index in [0.717, 1.165) is 31.1 Å². The Hall–Kier alpha value is -1.42. The second kappa shape index (κ2) is 3.62. The molecule has 4 nitrogen and oxygen atoms in total. The number of hydrogen-bond donors (Lipinski definition) is 1. The minimum Gasteiger partial charge on any atom is -0.316 e. The second-order valence-corrected chi connectivity index (χ2v) is 4.16. The van der Waals surface area contributed by atoms with Crippen LogP contribution in [0.2, 0.25) is 0 Å². The van der Waals surface area contributed by atoms with Crippen LogP contribution >= 0.6 is 0 Å². The Morgan fingerprint density at radius 3 is 3.40 bits per heavy atom. The summed E-state index contributed by atoms with van der Waals surface area (Å²) in [7, 11) is 0. The van der Waals surface area contributed by atoms with E-state index in [-0.39, 0.29) is 0 Å². The van der Waals surface area contributed by atoms with Gasteiger partial charge in [0, 0.05) is 18.5 Å². The summed E-state index contributed by atoms with van der Waals surface area (Å²) >= 11 is 0. The highest BCUT2D eigenvalue weighted by Crippen LogP contribution is 2.14. The molecule has 1 fully saturated rings. The van der Waals surface area contributed by atoms with E-state index < -0.39 is 0 Å². The van der Waals surface area contributed by atoms with E-state index >= 15 is 0 Å². The van der Waals surface area contributed by atoms with E-state index in [4.69, 9.17) is 0 Å². The summed E-state index contributed by atoms with van der Waals surface area (Å²) in [6.45, 7) is 2.29. The predicted molar refractivity (Wildman–Crippen MR) is 57.7 cm³/mol. The van der Waals surface area contributed by atoms with Crippen molar-refractivity contribution in [1.29, 1.82) is 0 Å². The molecule has 1 unspecified atom stereocenters. The van der Waals surface area contributed by atoms with Crippen molar-refractivity contribution in [3.63, 3.8) is 0 Å². The zero-order chi connectivity index (χ0) is 10.1. The van der Waals surface area contributed by atoms with Crippen LogP contribution in [-0.4, -0.2) is 27.7 Å². The van der Waals surface area contributed by atoms with E-state index in [1.54, 1.807) is 6.20 Å². The first-order chi connectivity index (χ1) is 7.42. The molecule has 0 radical (unpaired) electrons. The number of fused-ring (bicyclic) bond motifs is 1. The van der Waals surface area contributed by atoms with Crippen LogP contribution < -0.4 is 5.32 Å². The Kier molecular flexibility index (Phi) is 2.14. The molecule has 3 heterocycles. The lowest BCUT2D eigenvalue weighted by Gasteiger charge is -2.07. The van der Waals surface area contributed by atoms with E-state index in [2.05, 4.69) is 21.6 Å². The molecule has 1 aliphatic rings. The SMILES string of the molecule is c1cc2ncc(CC3CCNC3)cn2n1. The molecule has 0 bridgehead atoms. The van der Waals surface area contributed by atoms with Gasteiger partial charge in [-0.25, -0.2) is 9.50 Å². The Balaban J connectivity index is 1.84. The minimum absolute atomic E-state index is 0.764. The van der Waals surface area contributed by atoms with Crippen molar-refractivity contribution >= 4 is 5.65 Å². The van der Waals surface area contributed by atoms with Crippen LogP contribution in [0.5, 0.6) is 0 Å². The lowest BCUT2D eigenvalue weighted by molar-refractivity contribution is 0.577. The van der Waals surface area contributed by atoms with Gasteiger partial charge in [-0.1, -0.05) is 0 Å². The van der Waals surface area contributed by atoms with Crippen LogP contribution in [0.3, 0.4) is 0 Å². The molecule has 1 N–H and O–H groups in total. The number of rotatable bonds is 2. The third-order valence-corrected chi connectivity index (χ3v) is 2.99. The summed E-state index contributed by atoms with van der Waals surface area (Å²) in [6.07, 6.45) is 8.21. The van der Waals surface area contributed by atoms with Crippen molar-refractivity contribution in [3.05, 3.63) is 30.2 Å². The van der Waals surface area contributed by atoms with Gasteiger partial charge >= 0.3 is 0 Å². The third-order valence-electron chi connectivity index (χ3n) is 2.99. The standard InChI is InChI=1S/C11H14N4/c1-3-12-6-9(1)5-10-7-13-11-2-4-14-15(11)8-10/h2,4,7-9,12H,1,3,5-6H2. The summed E-state index contributed by atoms with van der Waals surface area (Å²) in [5.41, 5.74) is 2.20. The average Bonchev–Trinajstić information content (AvgIpc) is 2.87. The van der Waals surface area contributed by atoms with Crippen molar-refractivity contribution in [2.24, 2.45) is 5.92 Å². The molecule has 0 saturated carbocycles. The highest BCUT2D eigenvalue weighted by Gasteiger charge is 2.15. The topological polar surface area (TPSA) is 42.2 Å². The molecule has 0 spiro atoms. The number of nitrogens with one attached hydrogen (secondary N) is 1. The Labute approximate surface area is 88.3 Å². The second-order valence-electron chi connectivity index (χ2n) is 4.16. The lowest BCUT2D eigenvalue weighted by atomic mass is 10.0. The van der Waals surface area contributed by atoms with E-state index in [0.29, 0.717) is 0 Å². The van der Waals surface area contributed by atoms with Crippen molar-refractivity contribution in [2.45, 2.75) is 12.8 Å². The Bertz CT molecular complexity index is 456. The van der Waals surface area contributed by atoms with Crippen LogP contribution in [0.15, 0.2) is 24.7 Å².